The van der Waals surface area contributed by atoms with Gasteiger partial charge in [-0.2, -0.15) is 0 Å². The summed E-state index contributed by atoms with van der Waals surface area (Å²) in [6.45, 7) is 2.96. The lowest BCUT2D eigenvalue weighted by Crippen LogP contribution is -2.26. The zero-order valence-corrected chi connectivity index (χ0v) is 18.8. The van der Waals surface area contributed by atoms with Crippen LogP contribution in [0.2, 0.25) is 0 Å². The number of carbonyl (C=O) groups excluding carboxylic acids is 2. The van der Waals surface area contributed by atoms with E-state index in [0.29, 0.717) is 54.7 Å². The highest BCUT2D eigenvalue weighted by Gasteiger charge is 2.17. The third-order valence-electron chi connectivity index (χ3n) is 4.98. The Bertz CT molecular complexity index is 1150. The van der Waals surface area contributed by atoms with Crippen LogP contribution in [-0.4, -0.2) is 35.2 Å². The van der Waals surface area contributed by atoms with Crippen LogP contribution in [-0.2, 0) is 11.2 Å². The summed E-state index contributed by atoms with van der Waals surface area (Å²) in [5.74, 6) is 0.437. The number of hydrogen-bond acceptors (Lipinski definition) is 7. The molecule has 1 aromatic heterocycles. The second-order valence-corrected chi connectivity index (χ2v) is 8.57. The molecule has 8 nitrogen and oxygen atoms in total. The highest BCUT2D eigenvalue weighted by molar-refractivity contribution is 7.13. The van der Waals surface area contributed by atoms with Gasteiger partial charge in [0, 0.05) is 18.5 Å². The van der Waals surface area contributed by atoms with E-state index in [1.165, 1.54) is 18.2 Å². The van der Waals surface area contributed by atoms with Crippen LogP contribution in [0.15, 0.2) is 42.5 Å². The molecule has 0 spiro atoms. The standard InChI is InChI=1S/C23H23FN4O4S/c1-14(15-8-9-18-19(12-15)32-11-10-31-18)25-20(29)6-3-7-21-27-28-23(33-21)22(30)26-17-5-2-4-16(24)13-17/h2,4-5,8-9,12-14H,3,6-7,10-11H2,1H3,(H,25,29)(H,26,30). The van der Waals surface area contributed by atoms with E-state index in [1.807, 2.05) is 25.1 Å². The van der Waals surface area contributed by atoms with Crippen LogP contribution < -0.4 is 20.1 Å². The van der Waals surface area contributed by atoms with Gasteiger partial charge in [0.05, 0.1) is 6.04 Å². The van der Waals surface area contributed by atoms with Crippen LogP contribution in [0.25, 0.3) is 0 Å². The molecule has 0 saturated carbocycles. The Morgan fingerprint density at radius 3 is 2.76 bits per heavy atom. The summed E-state index contributed by atoms with van der Waals surface area (Å²) in [6.07, 6.45) is 1.41. The number of aromatic nitrogens is 2. The Labute approximate surface area is 194 Å². The summed E-state index contributed by atoms with van der Waals surface area (Å²) in [5, 5.41) is 14.3. The van der Waals surface area contributed by atoms with E-state index >= 15 is 0 Å². The maximum Gasteiger partial charge on any atom is 0.286 e. The number of fused-ring (bicyclic) bond motifs is 1. The Kier molecular flexibility index (Phi) is 7.13. The monoisotopic (exact) mass is 470 g/mol. The van der Waals surface area contributed by atoms with E-state index < -0.39 is 11.7 Å². The molecule has 0 saturated heterocycles. The lowest BCUT2D eigenvalue weighted by Gasteiger charge is -2.21. The van der Waals surface area contributed by atoms with Crippen LogP contribution >= 0.6 is 11.3 Å². The van der Waals surface area contributed by atoms with Crippen molar-refractivity contribution < 1.29 is 23.5 Å². The third kappa shape index (κ3) is 6.04. The summed E-state index contributed by atoms with van der Waals surface area (Å²) in [6, 6.07) is 11.1. The fraction of sp³-hybridized carbons (Fsp3) is 0.304. The van der Waals surface area contributed by atoms with Gasteiger partial charge < -0.3 is 20.1 Å². The predicted octanol–water partition coefficient (Wildman–Crippen LogP) is 3.90. The Hall–Kier alpha value is -3.53. The minimum atomic E-state index is -0.449. The summed E-state index contributed by atoms with van der Waals surface area (Å²) >= 11 is 1.15. The van der Waals surface area contributed by atoms with Crippen LogP contribution in [0.5, 0.6) is 11.5 Å². The topological polar surface area (TPSA) is 102 Å². The first-order valence-electron chi connectivity index (χ1n) is 10.6. The Morgan fingerprint density at radius 1 is 1.12 bits per heavy atom. The molecule has 2 N–H and O–H groups in total. The van der Waals surface area contributed by atoms with Gasteiger partial charge in [-0.1, -0.05) is 23.5 Å². The number of anilines is 1. The van der Waals surface area contributed by atoms with Crippen molar-refractivity contribution in [1.82, 2.24) is 15.5 Å². The Balaban J connectivity index is 1.23. The normalized spacial score (nSPS) is 13.3. The van der Waals surface area contributed by atoms with Gasteiger partial charge in [0.15, 0.2) is 11.5 Å². The van der Waals surface area contributed by atoms with Crippen molar-refractivity contribution in [3.05, 3.63) is 63.9 Å². The quantitative estimate of drug-likeness (QED) is 0.518. The van der Waals surface area contributed by atoms with Crippen molar-refractivity contribution in [2.45, 2.75) is 32.2 Å². The molecule has 1 atom stereocenters. The van der Waals surface area contributed by atoms with E-state index in [-0.39, 0.29) is 17.0 Å². The number of nitrogens with one attached hydrogen (secondary N) is 2. The molecule has 4 rings (SSSR count). The van der Waals surface area contributed by atoms with Gasteiger partial charge in [-0.25, -0.2) is 4.39 Å². The number of carbonyl (C=O) groups is 2. The van der Waals surface area contributed by atoms with Crippen molar-refractivity contribution in [1.29, 1.82) is 0 Å². The molecule has 2 amide bonds. The van der Waals surface area contributed by atoms with E-state index in [2.05, 4.69) is 20.8 Å². The second kappa shape index (κ2) is 10.4. The number of nitrogens with zero attached hydrogens (tertiary/aromatic N) is 2. The van der Waals surface area contributed by atoms with Crippen molar-refractivity contribution in [2.75, 3.05) is 18.5 Å². The summed E-state index contributed by atoms with van der Waals surface area (Å²) < 4.78 is 24.4. The SMILES string of the molecule is CC(NC(=O)CCCc1nnc(C(=O)Nc2cccc(F)c2)s1)c1ccc2c(c1)OCCO2. The van der Waals surface area contributed by atoms with E-state index in [0.717, 1.165) is 16.9 Å². The van der Waals surface area contributed by atoms with Gasteiger partial charge in [0.2, 0.25) is 10.9 Å². The van der Waals surface area contributed by atoms with Crippen LogP contribution in [0.3, 0.4) is 0 Å². The number of rotatable bonds is 8. The van der Waals surface area contributed by atoms with Crippen LogP contribution in [0, 0.1) is 5.82 Å². The molecule has 10 heteroatoms. The minimum absolute atomic E-state index is 0.0778. The van der Waals surface area contributed by atoms with Crippen molar-refractivity contribution >= 4 is 28.8 Å². The number of aryl methyl sites for hydroxylation is 1. The number of hydrogen-bond donors (Lipinski definition) is 2. The molecule has 0 fully saturated rings. The third-order valence-corrected chi connectivity index (χ3v) is 5.96. The van der Waals surface area contributed by atoms with Gasteiger partial charge in [-0.05, 0) is 49.2 Å². The first kappa shape index (κ1) is 22.7. The van der Waals surface area contributed by atoms with Gasteiger partial charge in [-0.3, -0.25) is 9.59 Å². The molecule has 3 aromatic rings. The summed E-state index contributed by atoms with van der Waals surface area (Å²) in [4.78, 5) is 24.6. The molecular formula is C23H23FN4O4S. The largest absolute Gasteiger partial charge is 0.486 e. The molecule has 1 aliphatic rings. The zero-order chi connectivity index (χ0) is 23.2. The maximum absolute atomic E-state index is 13.3. The second-order valence-electron chi connectivity index (χ2n) is 7.51. The molecule has 1 aliphatic heterocycles. The molecule has 33 heavy (non-hydrogen) atoms. The highest BCUT2D eigenvalue weighted by Crippen LogP contribution is 2.32. The predicted molar refractivity (Wildman–Crippen MR) is 121 cm³/mol. The minimum Gasteiger partial charge on any atom is -0.486 e. The van der Waals surface area contributed by atoms with Crippen LogP contribution in [0.4, 0.5) is 10.1 Å². The molecule has 2 aromatic carbocycles. The summed E-state index contributed by atoms with van der Waals surface area (Å²) in [7, 11) is 0. The fourth-order valence-electron chi connectivity index (χ4n) is 3.32. The van der Waals surface area contributed by atoms with Crippen LogP contribution in [0.1, 0.15) is 46.2 Å². The number of ether oxygens (including phenoxy) is 2. The van der Waals surface area contributed by atoms with Crippen molar-refractivity contribution in [3.63, 3.8) is 0 Å². The maximum atomic E-state index is 13.3. The van der Waals surface area contributed by atoms with Crippen molar-refractivity contribution in [3.8, 4) is 11.5 Å². The number of amides is 2. The van der Waals surface area contributed by atoms with E-state index in [1.54, 1.807) is 6.07 Å². The molecule has 2 heterocycles. The molecule has 0 bridgehead atoms. The average Bonchev–Trinajstić information content (AvgIpc) is 3.28. The summed E-state index contributed by atoms with van der Waals surface area (Å²) in [5.41, 5.74) is 1.28. The average molecular weight is 471 g/mol. The van der Waals surface area contributed by atoms with E-state index in [9.17, 15) is 14.0 Å². The lowest BCUT2D eigenvalue weighted by molar-refractivity contribution is -0.121. The molecular weight excluding hydrogens is 447 g/mol. The Morgan fingerprint density at radius 2 is 1.94 bits per heavy atom. The van der Waals surface area contributed by atoms with Crippen molar-refractivity contribution in [2.24, 2.45) is 0 Å². The number of benzene rings is 2. The molecule has 0 radical (unpaired) electrons. The first-order valence-corrected chi connectivity index (χ1v) is 11.4. The molecule has 0 aliphatic carbocycles. The van der Waals surface area contributed by atoms with Gasteiger partial charge >= 0.3 is 0 Å². The zero-order valence-electron chi connectivity index (χ0n) is 18.0. The van der Waals surface area contributed by atoms with Gasteiger partial charge in [-0.15, -0.1) is 10.2 Å². The smallest absolute Gasteiger partial charge is 0.286 e. The first-order chi connectivity index (χ1) is 16.0. The molecule has 1 unspecified atom stereocenters. The highest BCUT2D eigenvalue weighted by atomic mass is 32.1. The number of halogens is 1. The van der Waals surface area contributed by atoms with Gasteiger partial charge in [0.25, 0.3) is 5.91 Å². The fourth-order valence-corrected chi connectivity index (χ4v) is 4.10. The lowest BCUT2D eigenvalue weighted by atomic mass is 10.1. The molecule has 172 valence electrons. The van der Waals surface area contributed by atoms with E-state index in [4.69, 9.17) is 9.47 Å². The van der Waals surface area contributed by atoms with Gasteiger partial charge in [0.1, 0.15) is 24.0 Å².